The minimum atomic E-state index is -0.596. The SMILES string of the molecule is Cc1cc(Oc2ccc(-c3cnc(Cc4ccccc4)n(C)c3=O)cc2F)nc(C)n1. The lowest BCUT2D eigenvalue weighted by Gasteiger charge is -2.11. The molecule has 7 heteroatoms. The fourth-order valence-corrected chi connectivity index (χ4v) is 3.32. The zero-order chi connectivity index (χ0) is 22.0. The zero-order valence-electron chi connectivity index (χ0n) is 17.5. The van der Waals surface area contributed by atoms with Crippen molar-refractivity contribution in [1.29, 1.82) is 0 Å². The first-order valence-electron chi connectivity index (χ1n) is 9.79. The molecule has 4 aromatic rings. The zero-order valence-corrected chi connectivity index (χ0v) is 17.5. The molecule has 0 aliphatic carbocycles. The van der Waals surface area contributed by atoms with Gasteiger partial charge in [-0.1, -0.05) is 36.4 Å². The van der Waals surface area contributed by atoms with Crippen LogP contribution in [-0.2, 0) is 13.5 Å². The highest BCUT2D eigenvalue weighted by atomic mass is 19.1. The van der Waals surface area contributed by atoms with Crippen LogP contribution in [0.3, 0.4) is 0 Å². The largest absolute Gasteiger partial charge is 0.436 e. The predicted molar refractivity (Wildman–Crippen MR) is 116 cm³/mol. The van der Waals surface area contributed by atoms with E-state index in [1.165, 1.54) is 22.9 Å². The lowest BCUT2D eigenvalue weighted by molar-refractivity contribution is 0.425. The number of rotatable bonds is 5. The van der Waals surface area contributed by atoms with Gasteiger partial charge in [-0.15, -0.1) is 0 Å². The van der Waals surface area contributed by atoms with Gasteiger partial charge in [0.25, 0.3) is 5.56 Å². The first-order valence-corrected chi connectivity index (χ1v) is 9.79. The van der Waals surface area contributed by atoms with Crippen molar-refractivity contribution in [2.24, 2.45) is 7.05 Å². The normalized spacial score (nSPS) is 10.8. The van der Waals surface area contributed by atoms with Gasteiger partial charge in [-0.3, -0.25) is 9.36 Å². The summed E-state index contributed by atoms with van der Waals surface area (Å²) in [5.41, 5.74) is 2.29. The summed E-state index contributed by atoms with van der Waals surface area (Å²) in [6.07, 6.45) is 2.03. The van der Waals surface area contributed by atoms with Crippen LogP contribution >= 0.6 is 0 Å². The number of halogens is 1. The third-order valence-corrected chi connectivity index (χ3v) is 4.87. The van der Waals surface area contributed by atoms with Gasteiger partial charge in [-0.05, 0) is 37.1 Å². The maximum Gasteiger partial charge on any atom is 0.261 e. The number of nitrogens with zero attached hydrogens (tertiary/aromatic N) is 4. The molecule has 0 aliphatic heterocycles. The van der Waals surface area contributed by atoms with E-state index in [0.717, 1.165) is 11.3 Å². The molecule has 0 radical (unpaired) electrons. The van der Waals surface area contributed by atoms with Gasteiger partial charge in [0.05, 0.1) is 5.56 Å². The van der Waals surface area contributed by atoms with Gasteiger partial charge in [0.2, 0.25) is 5.88 Å². The summed E-state index contributed by atoms with van der Waals surface area (Å²) in [4.78, 5) is 25.7. The van der Waals surface area contributed by atoms with E-state index in [9.17, 15) is 9.18 Å². The van der Waals surface area contributed by atoms with Crippen LogP contribution < -0.4 is 10.3 Å². The quantitative estimate of drug-likeness (QED) is 0.483. The van der Waals surface area contributed by atoms with Gasteiger partial charge >= 0.3 is 0 Å². The summed E-state index contributed by atoms with van der Waals surface area (Å²) in [6, 6.07) is 15.8. The Balaban J connectivity index is 1.62. The summed E-state index contributed by atoms with van der Waals surface area (Å²) in [6.45, 7) is 3.55. The molecule has 0 unspecified atom stereocenters. The Morgan fingerprint density at radius 2 is 1.81 bits per heavy atom. The molecule has 4 rings (SSSR count). The first-order chi connectivity index (χ1) is 14.9. The maximum absolute atomic E-state index is 14.7. The number of hydrogen-bond acceptors (Lipinski definition) is 5. The summed E-state index contributed by atoms with van der Waals surface area (Å²) in [7, 11) is 1.67. The molecule has 156 valence electrons. The molecule has 0 fully saturated rings. The standard InChI is InChI=1S/C24H21FN4O2/c1-15-11-23(28-16(2)27-15)31-21-10-9-18(13-20(21)25)19-14-26-22(29(3)24(19)30)12-17-7-5-4-6-8-17/h4-11,13-14H,12H2,1-3H3. The summed E-state index contributed by atoms with van der Waals surface area (Å²) in [5.74, 6) is 0.861. The molecular weight excluding hydrogens is 395 g/mol. The third-order valence-electron chi connectivity index (χ3n) is 4.87. The van der Waals surface area contributed by atoms with E-state index < -0.39 is 5.82 Å². The minimum absolute atomic E-state index is 0.0201. The monoisotopic (exact) mass is 416 g/mol. The Hall–Kier alpha value is -3.87. The van der Waals surface area contributed by atoms with Gasteiger partial charge in [0, 0.05) is 31.4 Å². The van der Waals surface area contributed by atoms with Gasteiger partial charge < -0.3 is 4.74 Å². The van der Waals surface area contributed by atoms with Gasteiger partial charge in [0.15, 0.2) is 11.6 Å². The lowest BCUT2D eigenvalue weighted by Crippen LogP contribution is -2.23. The summed E-state index contributed by atoms with van der Waals surface area (Å²) >= 11 is 0. The number of benzene rings is 2. The molecule has 0 spiro atoms. The molecule has 0 bridgehead atoms. The van der Waals surface area contributed by atoms with E-state index in [-0.39, 0.29) is 17.2 Å². The molecular formula is C24H21FN4O2. The van der Waals surface area contributed by atoms with Gasteiger partial charge in [0.1, 0.15) is 11.6 Å². The van der Waals surface area contributed by atoms with E-state index in [1.54, 1.807) is 26.1 Å². The van der Waals surface area contributed by atoms with Crippen molar-refractivity contribution in [3.63, 3.8) is 0 Å². The van der Waals surface area contributed by atoms with E-state index >= 15 is 0 Å². The molecule has 0 N–H and O–H groups in total. The fraction of sp³-hybridized carbons (Fsp3) is 0.167. The second-order valence-electron chi connectivity index (χ2n) is 7.26. The van der Waals surface area contributed by atoms with Crippen molar-refractivity contribution in [2.45, 2.75) is 20.3 Å². The number of ether oxygens (including phenoxy) is 1. The van der Waals surface area contributed by atoms with Crippen LogP contribution in [0.25, 0.3) is 11.1 Å². The van der Waals surface area contributed by atoms with Crippen LogP contribution in [0.1, 0.15) is 22.9 Å². The Kier molecular flexibility index (Phi) is 5.58. The first kappa shape index (κ1) is 20.4. The van der Waals surface area contributed by atoms with Crippen molar-refractivity contribution < 1.29 is 9.13 Å². The highest BCUT2D eigenvalue weighted by molar-refractivity contribution is 5.62. The van der Waals surface area contributed by atoms with Crippen molar-refractivity contribution in [2.75, 3.05) is 0 Å². The van der Waals surface area contributed by atoms with Crippen molar-refractivity contribution in [3.8, 4) is 22.8 Å². The van der Waals surface area contributed by atoms with Gasteiger partial charge in [-0.25, -0.2) is 14.4 Å². The van der Waals surface area contributed by atoms with Crippen LogP contribution in [0.2, 0.25) is 0 Å². The molecule has 6 nitrogen and oxygen atoms in total. The topological polar surface area (TPSA) is 69.9 Å². The molecule has 0 saturated carbocycles. The number of hydrogen-bond donors (Lipinski definition) is 0. The van der Waals surface area contributed by atoms with Crippen LogP contribution in [0.15, 0.2) is 65.6 Å². The van der Waals surface area contributed by atoms with Crippen molar-refractivity contribution in [1.82, 2.24) is 19.5 Å². The molecule has 0 atom stereocenters. The van der Waals surface area contributed by atoms with Crippen LogP contribution in [0.4, 0.5) is 4.39 Å². The third kappa shape index (κ3) is 4.50. The van der Waals surface area contributed by atoms with Crippen molar-refractivity contribution in [3.05, 3.63) is 99.9 Å². The smallest absolute Gasteiger partial charge is 0.261 e. The Morgan fingerprint density at radius 3 is 2.52 bits per heavy atom. The van der Waals surface area contributed by atoms with E-state index in [4.69, 9.17) is 4.74 Å². The highest BCUT2D eigenvalue weighted by Gasteiger charge is 2.14. The van der Waals surface area contributed by atoms with Gasteiger partial charge in [-0.2, -0.15) is 4.98 Å². The van der Waals surface area contributed by atoms with Crippen LogP contribution in [0, 0.1) is 19.7 Å². The predicted octanol–water partition coefficient (Wildman–Crippen LogP) is 4.38. The van der Waals surface area contributed by atoms with Crippen LogP contribution in [0.5, 0.6) is 11.6 Å². The number of aryl methyl sites for hydroxylation is 2. The van der Waals surface area contributed by atoms with E-state index in [2.05, 4.69) is 15.0 Å². The Morgan fingerprint density at radius 1 is 1.03 bits per heavy atom. The fourth-order valence-electron chi connectivity index (χ4n) is 3.32. The molecule has 0 amide bonds. The molecule has 2 aromatic carbocycles. The molecule has 2 heterocycles. The highest BCUT2D eigenvalue weighted by Crippen LogP contribution is 2.27. The summed E-state index contributed by atoms with van der Waals surface area (Å²) in [5, 5.41) is 0. The number of aromatic nitrogens is 4. The second-order valence-corrected chi connectivity index (χ2v) is 7.26. The molecule has 31 heavy (non-hydrogen) atoms. The Labute approximate surface area is 179 Å². The molecule has 2 aromatic heterocycles. The van der Waals surface area contributed by atoms with E-state index in [0.29, 0.717) is 29.2 Å². The van der Waals surface area contributed by atoms with Crippen molar-refractivity contribution >= 4 is 0 Å². The van der Waals surface area contributed by atoms with Crippen LogP contribution in [-0.4, -0.2) is 19.5 Å². The minimum Gasteiger partial charge on any atom is -0.436 e. The molecule has 0 aliphatic rings. The maximum atomic E-state index is 14.7. The molecule has 0 saturated heterocycles. The summed E-state index contributed by atoms with van der Waals surface area (Å²) < 4.78 is 21.8. The average Bonchev–Trinajstić information content (AvgIpc) is 2.73. The van der Waals surface area contributed by atoms with E-state index in [1.807, 2.05) is 37.3 Å². The Bertz CT molecular complexity index is 1280. The average molecular weight is 416 g/mol. The second kappa shape index (κ2) is 8.47. The lowest BCUT2D eigenvalue weighted by atomic mass is 10.1.